The Bertz CT molecular complexity index is 867. The summed E-state index contributed by atoms with van der Waals surface area (Å²) >= 11 is 5.08. The second-order valence-corrected chi connectivity index (χ2v) is 9.86. The molecular weight excluding hydrogens is 472 g/mol. The molecule has 2 rings (SSSR count). The van der Waals surface area contributed by atoms with E-state index in [1.165, 1.54) is 16.7 Å². The second-order valence-electron chi connectivity index (χ2n) is 7.96. The Morgan fingerprint density at radius 1 is 1.10 bits per heavy atom. The molecule has 0 aliphatic rings. The van der Waals surface area contributed by atoms with Crippen molar-refractivity contribution in [2.45, 2.75) is 58.9 Å². The number of carbonyl (C=O) groups is 2. The Hall–Kier alpha value is -1.79. The van der Waals surface area contributed by atoms with Gasteiger partial charge >= 0.3 is 0 Å². The average molecular weight is 506 g/mol. The fourth-order valence-corrected chi connectivity index (χ4v) is 4.73. The highest BCUT2D eigenvalue weighted by Gasteiger charge is 2.25. The normalized spacial score (nSPS) is 11.8. The van der Waals surface area contributed by atoms with Gasteiger partial charge in [0.15, 0.2) is 0 Å². The third-order valence-electron chi connectivity index (χ3n) is 5.01. The van der Waals surface area contributed by atoms with Gasteiger partial charge in [0.2, 0.25) is 11.8 Å². The van der Waals surface area contributed by atoms with E-state index < -0.39 is 6.04 Å². The summed E-state index contributed by atoms with van der Waals surface area (Å²) in [6, 6.07) is 13.8. The summed E-state index contributed by atoms with van der Waals surface area (Å²) in [6.45, 7) is 9.12. The zero-order chi connectivity index (χ0) is 22.8. The van der Waals surface area contributed by atoms with Crippen LogP contribution in [0.1, 0.15) is 48.9 Å². The van der Waals surface area contributed by atoms with E-state index in [0.29, 0.717) is 18.8 Å². The fraction of sp³-hybridized carbons (Fsp3) is 0.440. The number of hydrogen-bond acceptors (Lipinski definition) is 3. The number of unbranched alkanes of at least 4 members (excludes halogenated alkanes) is 1. The number of nitrogens with zero attached hydrogens (tertiary/aromatic N) is 1. The van der Waals surface area contributed by atoms with Crippen LogP contribution in [0.3, 0.4) is 0 Å². The molecule has 0 heterocycles. The van der Waals surface area contributed by atoms with Gasteiger partial charge < -0.3 is 10.2 Å². The lowest BCUT2D eigenvalue weighted by Crippen LogP contribution is -2.48. The van der Waals surface area contributed by atoms with Gasteiger partial charge in [-0.15, -0.1) is 11.8 Å². The Labute approximate surface area is 199 Å². The Morgan fingerprint density at radius 2 is 1.81 bits per heavy atom. The Morgan fingerprint density at radius 3 is 2.45 bits per heavy atom. The van der Waals surface area contributed by atoms with Crippen molar-refractivity contribution in [2.24, 2.45) is 0 Å². The molecule has 1 atom stereocenters. The van der Waals surface area contributed by atoms with E-state index in [1.807, 2.05) is 31.2 Å². The van der Waals surface area contributed by atoms with Crippen LogP contribution in [0, 0.1) is 13.8 Å². The smallest absolute Gasteiger partial charge is 0.242 e. The monoisotopic (exact) mass is 504 g/mol. The molecule has 6 heteroatoms. The van der Waals surface area contributed by atoms with Gasteiger partial charge in [-0.1, -0.05) is 70.7 Å². The van der Waals surface area contributed by atoms with Crippen molar-refractivity contribution in [3.05, 3.63) is 69.2 Å². The second kappa shape index (κ2) is 12.9. The molecule has 1 unspecified atom stereocenters. The molecule has 31 heavy (non-hydrogen) atoms. The maximum atomic E-state index is 13.1. The summed E-state index contributed by atoms with van der Waals surface area (Å²) in [5.41, 5.74) is 4.68. The summed E-state index contributed by atoms with van der Waals surface area (Å²) in [7, 11) is 0. The van der Waals surface area contributed by atoms with E-state index in [-0.39, 0.29) is 11.8 Å². The van der Waals surface area contributed by atoms with Crippen molar-refractivity contribution < 1.29 is 9.59 Å². The molecule has 0 radical (unpaired) electrons. The number of nitrogens with one attached hydrogen (secondary N) is 1. The number of aryl methyl sites for hydroxylation is 2. The SMILES string of the molecule is CCCCNC(=O)C(C)N(Cc1cccc(Br)c1)C(=O)CSCc1cc(C)cc(C)c1. The number of rotatable bonds is 11. The van der Waals surface area contributed by atoms with E-state index in [1.54, 1.807) is 16.7 Å². The first-order valence-electron chi connectivity index (χ1n) is 10.8. The lowest BCUT2D eigenvalue weighted by molar-refractivity contribution is -0.138. The number of hydrogen-bond donors (Lipinski definition) is 1. The molecule has 0 fully saturated rings. The highest BCUT2D eigenvalue weighted by Crippen LogP contribution is 2.19. The number of carbonyl (C=O) groups excluding carboxylic acids is 2. The van der Waals surface area contributed by atoms with E-state index >= 15 is 0 Å². The van der Waals surface area contributed by atoms with Crippen molar-refractivity contribution >= 4 is 39.5 Å². The summed E-state index contributed by atoms with van der Waals surface area (Å²) in [5, 5.41) is 2.96. The van der Waals surface area contributed by atoms with Gasteiger partial charge in [0.05, 0.1) is 5.75 Å². The van der Waals surface area contributed by atoms with E-state index in [4.69, 9.17) is 0 Å². The lowest BCUT2D eigenvalue weighted by Gasteiger charge is -2.29. The quantitative estimate of drug-likeness (QED) is 0.403. The molecule has 0 spiro atoms. The topological polar surface area (TPSA) is 49.4 Å². The highest BCUT2D eigenvalue weighted by molar-refractivity contribution is 9.10. The van der Waals surface area contributed by atoms with Crippen LogP contribution in [-0.4, -0.2) is 35.1 Å². The van der Waals surface area contributed by atoms with Crippen molar-refractivity contribution in [1.82, 2.24) is 10.2 Å². The molecule has 0 saturated carbocycles. The van der Waals surface area contributed by atoms with Crippen molar-refractivity contribution in [1.29, 1.82) is 0 Å². The average Bonchev–Trinajstić information content (AvgIpc) is 2.71. The van der Waals surface area contributed by atoms with Gasteiger partial charge in [0, 0.05) is 23.3 Å². The maximum Gasteiger partial charge on any atom is 0.242 e. The van der Waals surface area contributed by atoms with Crippen LogP contribution in [0.25, 0.3) is 0 Å². The first-order chi connectivity index (χ1) is 14.8. The van der Waals surface area contributed by atoms with Crippen LogP contribution in [0.15, 0.2) is 46.9 Å². The molecule has 0 aromatic heterocycles. The third kappa shape index (κ3) is 8.69. The minimum atomic E-state index is -0.523. The Balaban J connectivity index is 2.06. The molecule has 4 nitrogen and oxygen atoms in total. The molecule has 0 aliphatic carbocycles. The predicted octanol–water partition coefficient (Wildman–Crippen LogP) is 5.63. The van der Waals surface area contributed by atoms with Gasteiger partial charge in [-0.05, 0) is 50.5 Å². The van der Waals surface area contributed by atoms with Crippen molar-refractivity contribution in [3.63, 3.8) is 0 Å². The van der Waals surface area contributed by atoms with E-state index in [0.717, 1.165) is 28.6 Å². The number of amides is 2. The van der Waals surface area contributed by atoms with Crippen LogP contribution >= 0.6 is 27.7 Å². The van der Waals surface area contributed by atoms with Crippen LogP contribution in [-0.2, 0) is 21.9 Å². The number of thioether (sulfide) groups is 1. The minimum absolute atomic E-state index is 0.0208. The fourth-order valence-electron chi connectivity index (χ4n) is 3.44. The lowest BCUT2D eigenvalue weighted by atomic mass is 10.1. The zero-order valence-corrected chi connectivity index (χ0v) is 21.3. The zero-order valence-electron chi connectivity index (χ0n) is 18.9. The molecule has 2 aromatic carbocycles. The van der Waals surface area contributed by atoms with Gasteiger partial charge in [-0.3, -0.25) is 9.59 Å². The Kier molecular flexibility index (Phi) is 10.6. The summed E-state index contributed by atoms with van der Waals surface area (Å²) in [4.78, 5) is 27.5. The van der Waals surface area contributed by atoms with E-state index in [9.17, 15) is 9.59 Å². The van der Waals surface area contributed by atoms with Gasteiger partial charge in [-0.25, -0.2) is 0 Å². The van der Waals surface area contributed by atoms with Crippen molar-refractivity contribution in [2.75, 3.05) is 12.3 Å². The number of halogens is 1. The molecule has 0 bridgehead atoms. The maximum absolute atomic E-state index is 13.1. The summed E-state index contributed by atoms with van der Waals surface area (Å²) in [6.07, 6.45) is 1.95. The predicted molar refractivity (Wildman–Crippen MR) is 134 cm³/mol. The number of benzene rings is 2. The standard InChI is InChI=1S/C25H33BrN2O2S/c1-5-6-10-27-25(30)20(4)28(15-21-8-7-9-23(26)14-21)24(29)17-31-16-22-12-18(2)11-19(3)13-22/h7-9,11-14,20H,5-6,10,15-17H2,1-4H3,(H,27,30). The van der Waals surface area contributed by atoms with Crippen LogP contribution < -0.4 is 5.32 Å². The first kappa shape index (κ1) is 25.5. The molecule has 2 amide bonds. The summed E-state index contributed by atoms with van der Waals surface area (Å²) in [5.74, 6) is 0.993. The van der Waals surface area contributed by atoms with E-state index in [2.05, 4.69) is 60.2 Å². The molecular formula is C25H33BrN2O2S. The van der Waals surface area contributed by atoms with Gasteiger partial charge in [0.1, 0.15) is 6.04 Å². The summed E-state index contributed by atoms with van der Waals surface area (Å²) < 4.78 is 0.960. The minimum Gasteiger partial charge on any atom is -0.354 e. The van der Waals surface area contributed by atoms with Crippen LogP contribution in [0.4, 0.5) is 0 Å². The van der Waals surface area contributed by atoms with Gasteiger partial charge in [0.25, 0.3) is 0 Å². The third-order valence-corrected chi connectivity index (χ3v) is 6.50. The molecule has 1 N–H and O–H groups in total. The molecule has 168 valence electrons. The largest absolute Gasteiger partial charge is 0.354 e. The molecule has 0 aliphatic heterocycles. The first-order valence-corrected chi connectivity index (χ1v) is 12.7. The highest BCUT2D eigenvalue weighted by atomic mass is 79.9. The van der Waals surface area contributed by atoms with Crippen LogP contribution in [0.5, 0.6) is 0 Å². The molecule has 0 saturated heterocycles. The molecule has 2 aromatic rings. The van der Waals surface area contributed by atoms with Crippen molar-refractivity contribution in [3.8, 4) is 0 Å². The van der Waals surface area contributed by atoms with Crippen LogP contribution in [0.2, 0.25) is 0 Å². The van der Waals surface area contributed by atoms with Gasteiger partial charge in [-0.2, -0.15) is 0 Å².